The molecule has 0 spiro atoms. The van der Waals surface area contributed by atoms with Gasteiger partial charge in [-0.1, -0.05) is 6.92 Å². The number of ether oxygens (including phenoxy) is 2. The normalized spacial score (nSPS) is 12.8. The minimum Gasteiger partial charge on any atom is -0.385 e. The molecule has 0 amide bonds. The number of hydrogen-bond acceptors (Lipinski definition) is 4. The molecule has 0 bridgehead atoms. The third-order valence-electron chi connectivity index (χ3n) is 3.66. The zero-order valence-electron chi connectivity index (χ0n) is 14.2. The van der Waals surface area contributed by atoms with E-state index in [1.165, 1.54) is 11.3 Å². The van der Waals surface area contributed by atoms with Gasteiger partial charge in [-0.05, 0) is 40.2 Å². The first-order valence-electron chi connectivity index (χ1n) is 7.95. The second kappa shape index (κ2) is 9.92. The summed E-state index contributed by atoms with van der Waals surface area (Å²) in [6.45, 7) is 12.7. The van der Waals surface area contributed by atoms with Crippen molar-refractivity contribution in [3.63, 3.8) is 0 Å². The summed E-state index contributed by atoms with van der Waals surface area (Å²) < 4.78 is 12.7. The molecule has 0 aliphatic carbocycles. The lowest BCUT2D eigenvalue weighted by Crippen LogP contribution is -2.20. The zero-order valence-corrected chi connectivity index (χ0v) is 14.2. The largest absolute Gasteiger partial charge is 0.385 e. The van der Waals surface area contributed by atoms with Crippen LogP contribution < -0.4 is 5.32 Å². The molecule has 0 aliphatic rings. The fraction of sp³-hybridized carbons (Fsp3) is 0.812. The van der Waals surface area contributed by atoms with Crippen molar-refractivity contribution in [2.75, 3.05) is 33.5 Å². The number of nitrogens with one attached hydrogen (secondary N) is 1. The van der Waals surface area contributed by atoms with Gasteiger partial charge in [0.05, 0.1) is 18.8 Å². The summed E-state index contributed by atoms with van der Waals surface area (Å²) >= 11 is 0. The van der Waals surface area contributed by atoms with Crippen LogP contribution in [0.15, 0.2) is 0 Å². The van der Waals surface area contributed by atoms with Gasteiger partial charge in [0.15, 0.2) is 0 Å². The third-order valence-corrected chi connectivity index (χ3v) is 3.66. The molecule has 1 N–H and O–H groups in total. The van der Waals surface area contributed by atoms with Crippen molar-refractivity contribution in [1.29, 1.82) is 0 Å². The average molecular weight is 297 g/mol. The summed E-state index contributed by atoms with van der Waals surface area (Å²) in [6.07, 6.45) is 2.09. The van der Waals surface area contributed by atoms with Gasteiger partial charge in [-0.2, -0.15) is 5.10 Å². The molecule has 21 heavy (non-hydrogen) atoms. The van der Waals surface area contributed by atoms with E-state index >= 15 is 0 Å². The van der Waals surface area contributed by atoms with E-state index in [1.807, 2.05) is 0 Å². The molecule has 1 aromatic rings. The lowest BCUT2D eigenvalue weighted by Gasteiger charge is -2.14. The molecular formula is C16H31N3O2. The second-order valence-electron chi connectivity index (χ2n) is 5.44. The molecule has 0 saturated carbocycles. The maximum atomic E-state index is 5.61. The van der Waals surface area contributed by atoms with Crippen molar-refractivity contribution < 1.29 is 9.47 Å². The Labute approximate surface area is 129 Å². The van der Waals surface area contributed by atoms with Gasteiger partial charge in [0.1, 0.15) is 0 Å². The molecule has 122 valence electrons. The minimum absolute atomic E-state index is 0.348. The topological polar surface area (TPSA) is 48.3 Å². The van der Waals surface area contributed by atoms with Gasteiger partial charge in [0.25, 0.3) is 0 Å². The van der Waals surface area contributed by atoms with Gasteiger partial charge < -0.3 is 14.8 Å². The quantitative estimate of drug-likeness (QED) is 0.638. The van der Waals surface area contributed by atoms with Crippen LogP contribution in [0.2, 0.25) is 0 Å². The minimum atomic E-state index is 0.348. The van der Waals surface area contributed by atoms with Crippen LogP contribution in [0, 0.1) is 13.8 Å². The molecule has 1 atom stereocenters. The number of nitrogens with zero attached hydrogens (tertiary/aromatic N) is 2. The van der Waals surface area contributed by atoms with Crippen molar-refractivity contribution in [3.8, 4) is 0 Å². The van der Waals surface area contributed by atoms with Crippen molar-refractivity contribution in [1.82, 2.24) is 15.1 Å². The molecule has 0 saturated heterocycles. The summed E-state index contributed by atoms with van der Waals surface area (Å²) in [5, 5.41) is 8.18. The lowest BCUT2D eigenvalue weighted by molar-refractivity contribution is 0.0957. The molecule has 0 aliphatic heterocycles. The van der Waals surface area contributed by atoms with Crippen LogP contribution in [0.1, 0.15) is 49.7 Å². The Morgan fingerprint density at radius 1 is 1.24 bits per heavy atom. The van der Waals surface area contributed by atoms with Gasteiger partial charge in [-0.25, -0.2) is 0 Å². The summed E-state index contributed by atoms with van der Waals surface area (Å²) in [4.78, 5) is 0. The predicted octanol–water partition coefficient (Wildman–Crippen LogP) is 2.61. The monoisotopic (exact) mass is 297 g/mol. The average Bonchev–Trinajstić information content (AvgIpc) is 2.74. The van der Waals surface area contributed by atoms with Crippen molar-refractivity contribution >= 4 is 0 Å². The number of hydrogen-bond donors (Lipinski definition) is 1. The Bertz CT molecular complexity index is 404. The van der Waals surface area contributed by atoms with E-state index < -0.39 is 0 Å². The van der Waals surface area contributed by atoms with Gasteiger partial charge in [-0.3, -0.25) is 4.68 Å². The molecule has 1 aromatic heterocycles. The molecule has 5 nitrogen and oxygen atoms in total. The van der Waals surface area contributed by atoms with E-state index in [1.54, 1.807) is 7.11 Å². The van der Waals surface area contributed by atoms with Crippen LogP contribution in [0.3, 0.4) is 0 Å². The van der Waals surface area contributed by atoms with Crippen LogP contribution in [-0.2, 0) is 16.0 Å². The number of aromatic nitrogens is 2. The Morgan fingerprint density at radius 3 is 2.67 bits per heavy atom. The van der Waals surface area contributed by atoms with Crippen LogP contribution >= 0.6 is 0 Å². The predicted molar refractivity (Wildman–Crippen MR) is 85.7 cm³/mol. The van der Waals surface area contributed by atoms with E-state index in [9.17, 15) is 0 Å². The standard InChI is InChI=1S/C16H31N3O2/c1-6-8-17-13(2)16-14(3)18-19(15(16)4)9-12-21-11-7-10-20-5/h13,17H,6-12H2,1-5H3. The number of aryl methyl sites for hydroxylation is 1. The molecule has 0 aromatic carbocycles. The number of methoxy groups -OCH3 is 1. The van der Waals surface area contributed by atoms with Crippen molar-refractivity contribution in [2.45, 2.75) is 53.1 Å². The fourth-order valence-electron chi connectivity index (χ4n) is 2.58. The first-order chi connectivity index (χ1) is 10.1. The molecule has 5 heteroatoms. The molecule has 1 rings (SSSR count). The highest BCUT2D eigenvalue weighted by Gasteiger charge is 2.16. The van der Waals surface area contributed by atoms with E-state index in [4.69, 9.17) is 9.47 Å². The van der Waals surface area contributed by atoms with Crippen molar-refractivity contribution in [2.24, 2.45) is 0 Å². The van der Waals surface area contributed by atoms with Crippen LogP contribution in [0.25, 0.3) is 0 Å². The van der Waals surface area contributed by atoms with Gasteiger partial charge in [0.2, 0.25) is 0 Å². The molecule has 0 fully saturated rings. The van der Waals surface area contributed by atoms with Gasteiger partial charge in [-0.15, -0.1) is 0 Å². The van der Waals surface area contributed by atoms with Crippen molar-refractivity contribution in [3.05, 3.63) is 17.0 Å². The van der Waals surface area contributed by atoms with Gasteiger partial charge >= 0.3 is 0 Å². The Balaban J connectivity index is 2.49. The van der Waals surface area contributed by atoms with E-state index in [2.05, 4.69) is 42.8 Å². The highest BCUT2D eigenvalue weighted by Crippen LogP contribution is 2.21. The summed E-state index contributed by atoms with van der Waals surface area (Å²) in [6, 6.07) is 0.348. The van der Waals surface area contributed by atoms with Crippen LogP contribution in [-0.4, -0.2) is 43.3 Å². The van der Waals surface area contributed by atoms with Gasteiger partial charge in [0, 0.05) is 37.6 Å². The molecule has 1 unspecified atom stereocenters. The maximum absolute atomic E-state index is 5.61. The zero-order chi connectivity index (χ0) is 15.7. The number of rotatable bonds is 11. The third kappa shape index (κ3) is 5.77. The highest BCUT2D eigenvalue weighted by atomic mass is 16.5. The van der Waals surface area contributed by atoms with E-state index in [-0.39, 0.29) is 0 Å². The molecule has 0 radical (unpaired) electrons. The van der Waals surface area contributed by atoms with E-state index in [0.717, 1.165) is 44.8 Å². The lowest BCUT2D eigenvalue weighted by atomic mass is 10.1. The summed E-state index contributed by atoms with van der Waals surface area (Å²) in [5.74, 6) is 0. The first kappa shape index (κ1) is 18.1. The summed E-state index contributed by atoms with van der Waals surface area (Å²) in [7, 11) is 1.71. The SMILES string of the molecule is CCCNC(C)c1c(C)nn(CCOCCCOC)c1C. The fourth-order valence-corrected chi connectivity index (χ4v) is 2.58. The Kier molecular flexibility index (Phi) is 8.57. The molecular weight excluding hydrogens is 266 g/mol. The maximum Gasteiger partial charge on any atom is 0.0662 e. The smallest absolute Gasteiger partial charge is 0.0662 e. The van der Waals surface area contributed by atoms with E-state index in [0.29, 0.717) is 12.6 Å². The first-order valence-corrected chi connectivity index (χ1v) is 7.95. The Morgan fingerprint density at radius 2 is 2.00 bits per heavy atom. The van der Waals surface area contributed by atoms with Crippen LogP contribution in [0.5, 0.6) is 0 Å². The highest BCUT2D eigenvalue weighted by molar-refractivity contribution is 5.27. The Hall–Kier alpha value is -0.910. The second-order valence-corrected chi connectivity index (χ2v) is 5.44. The van der Waals surface area contributed by atoms with Crippen LogP contribution in [0.4, 0.5) is 0 Å². The summed E-state index contributed by atoms with van der Waals surface area (Å²) in [5.41, 5.74) is 3.68. The molecule has 1 heterocycles.